The standard InChI is InChI=1S/C36H10N10O/c1-42-25-8-21(14-39)31(22(9-25)15-40)29(16-41)23-10-27-26-4-5-47-36(26)28-11-24(18-46-35(28)34(27)45-17-23)33(44-3)32-20(13-38)6-19(12-37)7-30(32)43-2/h4-11,17-18H/b29-23+,33-24+/i6D,7D,8D,9D. The number of nitrogens with zero attached hydrogens (tertiary/aromatic N) is 10. The molecule has 11 heteroatoms. The molecule has 0 aliphatic rings. The number of rotatable bonds is 2. The molecule has 47 heavy (non-hydrogen) atoms. The largest absolute Gasteiger partial charge is 0.464 e. The van der Waals surface area contributed by atoms with Gasteiger partial charge in [0.2, 0.25) is 0 Å². The molecule has 3 aromatic heterocycles. The molecular weight excluding hydrogens is 588 g/mol. The Balaban J connectivity index is 1.74. The van der Waals surface area contributed by atoms with Crippen molar-refractivity contribution >= 4 is 55.4 Å². The van der Waals surface area contributed by atoms with E-state index >= 15 is 0 Å². The van der Waals surface area contributed by atoms with Crippen LogP contribution in [0.3, 0.4) is 0 Å². The molecule has 210 valence electrons. The van der Waals surface area contributed by atoms with Gasteiger partial charge in [-0.3, -0.25) is 9.97 Å². The molecule has 0 aliphatic heterocycles. The van der Waals surface area contributed by atoms with Crippen LogP contribution in [0, 0.1) is 76.4 Å². The second-order valence-corrected chi connectivity index (χ2v) is 9.47. The smallest absolute Gasteiger partial charge is 0.194 e. The summed E-state index contributed by atoms with van der Waals surface area (Å²) in [5, 5.41) is 51.0. The van der Waals surface area contributed by atoms with Crippen molar-refractivity contribution < 1.29 is 9.90 Å². The molecule has 0 amide bonds. The third kappa shape index (κ3) is 4.46. The normalized spacial score (nSPS) is 12.7. The zero-order valence-corrected chi connectivity index (χ0v) is 23.3. The molecule has 11 nitrogen and oxygen atoms in total. The zero-order chi connectivity index (χ0) is 36.7. The lowest BCUT2D eigenvalue weighted by Gasteiger charge is -2.09. The van der Waals surface area contributed by atoms with E-state index in [4.69, 9.17) is 29.6 Å². The lowest BCUT2D eigenvalue weighted by Crippen LogP contribution is -2.11. The summed E-state index contributed by atoms with van der Waals surface area (Å²) in [6.07, 6.45) is 3.96. The van der Waals surface area contributed by atoms with Crippen LogP contribution < -0.4 is 10.4 Å². The van der Waals surface area contributed by atoms with E-state index in [-0.39, 0.29) is 43.9 Å². The molecule has 3 aromatic carbocycles. The van der Waals surface area contributed by atoms with E-state index in [9.17, 15) is 26.3 Å². The monoisotopic (exact) mass is 602 g/mol. The molecule has 0 saturated carbocycles. The van der Waals surface area contributed by atoms with E-state index in [1.807, 2.05) is 6.07 Å². The molecule has 6 aromatic rings. The first-order chi connectivity index (χ1) is 24.6. The van der Waals surface area contributed by atoms with Gasteiger partial charge >= 0.3 is 0 Å². The zero-order valence-electron chi connectivity index (χ0n) is 27.3. The van der Waals surface area contributed by atoms with Gasteiger partial charge in [0, 0.05) is 56.0 Å². The van der Waals surface area contributed by atoms with E-state index in [0.29, 0.717) is 21.7 Å². The fourth-order valence-corrected chi connectivity index (χ4v) is 5.17. The highest BCUT2D eigenvalue weighted by atomic mass is 16.3. The third-order valence-electron chi connectivity index (χ3n) is 7.11. The van der Waals surface area contributed by atoms with Crippen LogP contribution in [-0.4, -0.2) is 9.97 Å². The molecular formula is C36H10N10O. The minimum Gasteiger partial charge on any atom is -0.464 e. The molecule has 0 radical (unpaired) electrons. The third-order valence-corrected chi connectivity index (χ3v) is 7.11. The van der Waals surface area contributed by atoms with Crippen LogP contribution in [0.1, 0.15) is 38.9 Å². The average Bonchev–Trinajstić information content (AvgIpc) is 3.64. The van der Waals surface area contributed by atoms with Crippen LogP contribution in [0.5, 0.6) is 0 Å². The lowest BCUT2D eigenvalue weighted by molar-refractivity contribution is 0.619. The fourth-order valence-electron chi connectivity index (χ4n) is 5.17. The molecule has 0 N–H and O–H groups in total. The van der Waals surface area contributed by atoms with E-state index in [0.717, 1.165) is 0 Å². The predicted molar refractivity (Wildman–Crippen MR) is 168 cm³/mol. The predicted octanol–water partition coefficient (Wildman–Crippen LogP) is 5.92. The summed E-state index contributed by atoms with van der Waals surface area (Å²) in [5.41, 5.74) is -2.86. The number of aromatic nitrogens is 2. The van der Waals surface area contributed by atoms with Crippen LogP contribution >= 0.6 is 0 Å². The van der Waals surface area contributed by atoms with E-state index in [1.165, 1.54) is 24.7 Å². The van der Waals surface area contributed by atoms with Gasteiger partial charge in [0.15, 0.2) is 17.1 Å². The summed E-state index contributed by atoms with van der Waals surface area (Å²) in [6.45, 7) is 23.0. The fraction of sp³-hybridized carbons (Fsp3) is 0. The first kappa shape index (κ1) is 24.2. The Labute approximate surface area is 270 Å². The summed E-state index contributed by atoms with van der Waals surface area (Å²) in [4.78, 5) is 19.1. The first-order valence-electron chi connectivity index (χ1n) is 15.0. The quantitative estimate of drug-likeness (QED) is 0.174. The van der Waals surface area contributed by atoms with E-state index < -0.39 is 57.8 Å². The first-order valence-corrected chi connectivity index (χ1v) is 13.0. The highest BCUT2D eigenvalue weighted by Gasteiger charge is 2.20. The molecule has 0 aliphatic carbocycles. The van der Waals surface area contributed by atoms with Crippen molar-refractivity contribution in [1.82, 2.24) is 9.97 Å². The Bertz CT molecular complexity index is 2840. The van der Waals surface area contributed by atoms with Gasteiger partial charge in [-0.2, -0.15) is 26.3 Å². The maximum atomic E-state index is 10.3. The lowest BCUT2D eigenvalue weighted by atomic mass is 9.93. The molecule has 3 heterocycles. The number of benzene rings is 3. The van der Waals surface area contributed by atoms with Crippen molar-refractivity contribution in [3.05, 3.63) is 139 Å². The number of pyridine rings is 2. The summed E-state index contributed by atoms with van der Waals surface area (Å²) in [5.74, 6) is 0. The average molecular weight is 603 g/mol. The van der Waals surface area contributed by atoms with Crippen molar-refractivity contribution in [2.24, 2.45) is 0 Å². The maximum Gasteiger partial charge on any atom is 0.194 e. The Kier molecular flexibility index (Phi) is 5.86. The van der Waals surface area contributed by atoms with Crippen molar-refractivity contribution in [1.29, 1.82) is 26.3 Å². The van der Waals surface area contributed by atoms with Crippen molar-refractivity contribution in [3.8, 4) is 30.3 Å². The van der Waals surface area contributed by atoms with Gasteiger partial charge < -0.3 is 4.42 Å². The van der Waals surface area contributed by atoms with Gasteiger partial charge in [-0.25, -0.2) is 14.5 Å². The van der Waals surface area contributed by atoms with Gasteiger partial charge in [-0.1, -0.05) is 6.07 Å². The molecule has 0 spiro atoms. The number of hydrogen-bond acceptors (Lipinski definition) is 8. The minimum atomic E-state index is -0.587. The Morgan fingerprint density at radius 1 is 0.745 bits per heavy atom. The minimum absolute atomic E-state index is 0.115. The van der Waals surface area contributed by atoms with Crippen LogP contribution in [0.15, 0.2) is 65.4 Å². The van der Waals surface area contributed by atoms with Gasteiger partial charge in [-0.15, -0.1) is 0 Å². The van der Waals surface area contributed by atoms with Crippen LogP contribution in [0.4, 0.5) is 11.4 Å². The maximum absolute atomic E-state index is 10.3. The molecule has 6 rings (SSSR count). The van der Waals surface area contributed by atoms with Gasteiger partial charge in [0.05, 0.1) is 78.0 Å². The molecule has 0 unspecified atom stereocenters. The van der Waals surface area contributed by atoms with Crippen LogP contribution in [0.25, 0.3) is 58.6 Å². The van der Waals surface area contributed by atoms with Crippen molar-refractivity contribution in [2.45, 2.75) is 0 Å². The topological polar surface area (TPSA) is 171 Å². The Morgan fingerprint density at radius 2 is 1.38 bits per heavy atom. The van der Waals surface area contributed by atoms with Crippen LogP contribution in [-0.2, 0) is 0 Å². The Hall–Kier alpha value is -8.32. The van der Waals surface area contributed by atoms with E-state index in [1.54, 1.807) is 36.4 Å². The number of furan rings is 1. The highest BCUT2D eigenvalue weighted by Crippen LogP contribution is 2.35. The number of nitriles is 5. The SMILES string of the molecule is [2H]c1c(C#N)c([2H])c([N+]#[C-])c(/C([N+]#[C-])=c2\cnc3c(c2)c2occc2c2c/c(=C(/C#N)c4c(C#N)c([2H])c([N+]#[C-])c([2H])c4C#N)cnc23)c1C#N. The summed E-state index contributed by atoms with van der Waals surface area (Å²) < 4.78 is 39.2. The van der Waals surface area contributed by atoms with Crippen molar-refractivity contribution in [3.63, 3.8) is 0 Å². The number of fused-ring (bicyclic) bond motifs is 6. The summed E-state index contributed by atoms with van der Waals surface area (Å²) >= 11 is 0. The van der Waals surface area contributed by atoms with Gasteiger partial charge in [0.25, 0.3) is 0 Å². The Morgan fingerprint density at radius 3 is 1.98 bits per heavy atom. The van der Waals surface area contributed by atoms with Gasteiger partial charge in [-0.05, 0) is 41.5 Å². The second kappa shape index (κ2) is 11.4. The number of hydrogen-bond donors (Lipinski definition) is 0. The second-order valence-electron chi connectivity index (χ2n) is 9.47. The van der Waals surface area contributed by atoms with Crippen molar-refractivity contribution in [2.75, 3.05) is 0 Å². The molecule has 0 saturated heterocycles. The van der Waals surface area contributed by atoms with Gasteiger partial charge in [0.1, 0.15) is 17.2 Å². The summed E-state index contributed by atoms with van der Waals surface area (Å²) in [7, 11) is 0. The van der Waals surface area contributed by atoms with E-state index in [2.05, 4.69) is 24.5 Å². The molecule has 0 bridgehead atoms. The highest BCUT2D eigenvalue weighted by molar-refractivity contribution is 6.21. The summed E-state index contributed by atoms with van der Waals surface area (Å²) in [6, 6.07) is 11.4. The molecule has 0 atom stereocenters. The molecule has 0 fully saturated rings. The van der Waals surface area contributed by atoms with Crippen LogP contribution in [0.2, 0.25) is 0 Å².